The molecular weight excluding hydrogens is 248 g/mol. The van der Waals surface area contributed by atoms with E-state index in [0.717, 1.165) is 45.4 Å². The van der Waals surface area contributed by atoms with Gasteiger partial charge < -0.3 is 10.2 Å². The van der Waals surface area contributed by atoms with E-state index in [9.17, 15) is 4.79 Å². The molecule has 0 spiro atoms. The van der Waals surface area contributed by atoms with Crippen molar-refractivity contribution in [3.05, 3.63) is 0 Å². The monoisotopic (exact) mass is 274 g/mol. The van der Waals surface area contributed by atoms with Crippen LogP contribution >= 0.6 is 12.4 Å². The standard InChI is InChI=1S/C14H26N2O.ClH/c17-14(16-11-6-9-15-10-12-16)13-7-4-2-1-3-5-8-13;/h13,15H,1-12H2;1H. The fraction of sp³-hybridized carbons (Fsp3) is 0.929. The van der Waals surface area contributed by atoms with E-state index in [1.165, 1.54) is 32.1 Å². The van der Waals surface area contributed by atoms with Crippen LogP contribution in [0.1, 0.15) is 51.4 Å². The summed E-state index contributed by atoms with van der Waals surface area (Å²) in [4.78, 5) is 14.6. The van der Waals surface area contributed by atoms with Gasteiger partial charge in [-0.3, -0.25) is 4.79 Å². The number of amides is 1. The largest absolute Gasteiger partial charge is 0.341 e. The van der Waals surface area contributed by atoms with E-state index in [1.54, 1.807) is 0 Å². The van der Waals surface area contributed by atoms with Gasteiger partial charge in [0.2, 0.25) is 5.91 Å². The zero-order valence-electron chi connectivity index (χ0n) is 11.3. The first kappa shape index (κ1) is 15.8. The minimum absolute atomic E-state index is 0. The molecule has 1 heterocycles. The summed E-state index contributed by atoms with van der Waals surface area (Å²) in [6, 6.07) is 0. The van der Waals surface area contributed by atoms with Gasteiger partial charge in [-0.25, -0.2) is 0 Å². The van der Waals surface area contributed by atoms with Gasteiger partial charge in [-0.15, -0.1) is 12.4 Å². The van der Waals surface area contributed by atoms with Gasteiger partial charge in [0, 0.05) is 25.6 Å². The van der Waals surface area contributed by atoms with Gasteiger partial charge in [-0.1, -0.05) is 32.1 Å². The lowest BCUT2D eigenvalue weighted by atomic mass is 9.90. The molecule has 4 heteroatoms. The van der Waals surface area contributed by atoms with E-state index < -0.39 is 0 Å². The molecule has 3 nitrogen and oxygen atoms in total. The van der Waals surface area contributed by atoms with Gasteiger partial charge in [-0.05, 0) is 25.8 Å². The van der Waals surface area contributed by atoms with Crippen LogP contribution in [0.3, 0.4) is 0 Å². The second-order valence-electron chi connectivity index (χ2n) is 5.47. The van der Waals surface area contributed by atoms with Gasteiger partial charge in [0.25, 0.3) is 0 Å². The average Bonchev–Trinajstić information content (AvgIpc) is 2.56. The van der Waals surface area contributed by atoms with Crippen molar-refractivity contribution in [2.45, 2.75) is 51.4 Å². The molecule has 1 saturated heterocycles. The summed E-state index contributed by atoms with van der Waals surface area (Å²) in [7, 11) is 0. The Morgan fingerprint density at radius 2 is 1.56 bits per heavy atom. The predicted molar refractivity (Wildman–Crippen MR) is 77.1 cm³/mol. The van der Waals surface area contributed by atoms with E-state index in [1.807, 2.05) is 0 Å². The molecular formula is C14H27ClN2O. The molecule has 0 unspecified atom stereocenters. The molecule has 0 aromatic carbocycles. The average molecular weight is 275 g/mol. The summed E-state index contributed by atoms with van der Waals surface area (Å²) in [6.45, 7) is 3.91. The van der Waals surface area contributed by atoms with E-state index in [2.05, 4.69) is 10.2 Å². The summed E-state index contributed by atoms with van der Waals surface area (Å²) >= 11 is 0. The van der Waals surface area contributed by atoms with Crippen LogP contribution in [0.2, 0.25) is 0 Å². The first-order chi connectivity index (χ1) is 8.38. The summed E-state index contributed by atoms with van der Waals surface area (Å²) in [5, 5.41) is 3.36. The molecule has 1 amide bonds. The van der Waals surface area contributed by atoms with Crippen LogP contribution in [0.25, 0.3) is 0 Å². The number of halogens is 1. The Morgan fingerprint density at radius 1 is 0.889 bits per heavy atom. The lowest BCUT2D eigenvalue weighted by Gasteiger charge is -2.27. The highest BCUT2D eigenvalue weighted by Gasteiger charge is 2.24. The highest BCUT2D eigenvalue weighted by atomic mass is 35.5. The molecule has 0 bridgehead atoms. The smallest absolute Gasteiger partial charge is 0.225 e. The topological polar surface area (TPSA) is 32.3 Å². The van der Waals surface area contributed by atoms with Crippen LogP contribution in [-0.2, 0) is 4.79 Å². The molecule has 2 fully saturated rings. The maximum atomic E-state index is 12.5. The lowest BCUT2D eigenvalue weighted by Crippen LogP contribution is -2.38. The fourth-order valence-electron chi connectivity index (χ4n) is 3.03. The van der Waals surface area contributed by atoms with Crippen molar-refractivity contribution in [3.63, 3.8) is 0 Å². The minimum Gasteiger partial charge on any atom is -0.341 e. The number of carbonyl (C=O) groups is 1. The first-order valence-corrected chi connectivity index (χ1v) is 7.37. The molecule has 2 aliphatic rings. The van der Waals surface area contributed by atoms with Gasteiger partial charge in [0.05, 0.1) is 0 Å². The Kier molecular flexibility index (Phi) is 7.68. The van der Waals surface area contributed by atoms with Gasteiger partial charge >= 0.3 is 0 Å². The Hall–Kier alpha value is -0.280. The molecule has 0 aromatic rings. The molecule has 1 aliphatic carbocycles. The van der Waals surface area contributed by atoms with Crippen molar-refractivity contribution in [3.8, 4) is 0 Å². The highest BCUT2D eigenvalue weighted by Crippen LogP contribution is 2.24. The third kappa shape index (κ3) is 4.77. The number of nitrogens with one attached hydrogen (secondary N) is 1. The summed E-state index contributed by atoms with van der Waals surface area (Å²) < 4.78 is 0. The summed E-state index contributed by atoms with van der Waals surface area (Å²) in [5.41, 5.74) is 0. The molecule has 1 aliphatic heterocycles. The van der Waals surface area contributed by atoms with E-state index >= 15 is 0 Å². The van der Waals surface area contributed by atoms with Crippen LogP contribution < -0.4 is 5.32 Å². The summed E-state index contributed by atoms with van der Waals surface area (Å²) in [6.07, 6.45) is 9.89. The fourth-order valence-corrected chi connectivity index (χ4v) is 3.03. The van der Waals surface area contributed by atoms with Crippen molar-refractivity contribution >= 4 is 18.3 Å². The van der Waals surface area contributed by atoms with Gasteiger partial charge in [-0.2, -0.15) is 0 Å². The van der Waals surface area contributed by atoms with Crippen molar-refractivity contribution < 1.29 is 4.79 Å². The van der Waals surface area contributed by atoms with Crippen LogP contribution in [-0.4, -0.2) is 37.0 Å². The van der Waals surface area contributed by atoms with Crippen LogP contribution in [0.5, 0.6) is 0 Å². The van der Waals surface area contributed by atoms with Gasteiger partial charge in [0.1, 0.15) is 0 Å². The van der Waals surface area contributed by atoms with Crippen LogP contribution in [0, 0.1) is 5.92 Å². The molecule has 18 heavy (non-hydrogen) atoms. The van der Waals surface area contributed by atoms with Crippen molar-refractivity contribution in [1.29, 1.82) is 0 Å². The van der Waals surface area contributed by atoms with Gasteiger partial charge in [0.15, 0.2) is 0 Å². The number of nitrogens with zero attached hydrogens (tertiary/aromatic N) is 1. The third-order valence-electron chi connectivity index (χ3n) is 4.11. The second-order valence-corrected chi connectivity index (χ2v) is 5.47. The zero-order valence-corrected chi connectivity index (χ0v) is 12.1. The SMILES string of the molecule is Cl.O=C(C1CCCCCCC1)N1CCCNCC1. The minimum atomic E-state index is 0. The highest BCUT2D eigenvalue weighted by molar-refractivity contribution is 5.85. The van der Waals surface area contributed by atoms with Crippen LogP contribution in [0.15, 0.2) is 0 Å². The Labute approximate surface area is 117 Å². The molecule has 0 radical (unpaired) electrons. The van der Waals surface area contributed by atoms with Crippen molar-refractivity contribution in [1.82, 2.24) is 10.2 Å². The quantitative estimate of drug-likeness (QED) is 0.797. The lowest BCUT2D eigenvalue weighted by molar-refractivity contribution is -0.136. The molecule has 1 saturated carbocycles. The summed E-state index contributed by atoms with van der Waals surface area (Å²) in [5.74, 6) is 0.768. The zero-order chi connectivity index (χ0) is 11.9. The molecule has 0 aromatic heterocycles. The normalized spacial score (nSPS) is 23.4. The molecule has 106 valence electrons. The Morgan fingerprint density at radius 3 is 2.28 bits per heavy atom. The van der Waals surface area contributed by atoms with E-state index in [4.69, 9.17) is 0 Å². The Balaban J connectivity index is 0.00000162. The number of hydrogen-bond donors (Lipinski definition) is 1. The molecule has 1 N–H and O–H groups in total. The molecule has 0 atom stereocenters. The number of rotatable bonds is 1. The van der Waals surface area contributed by atoms with Crippen molar-refractivity contribution in [2.75, 3.05) is 26.2 Å². The number of carbonyl (C=O) groups excluding carboxylic acids is 1. The first-order valence-electron chi connectivity index (χ1n) is 7.37. The maximum Gasteiger partial charge on any atom is 0.225 e. The van der Waals surface area contributed by atoms with Crippen LogP contribution in [0.4, 0.5) is 0 Å². The van der Waals surface area contributed by atoms with E-state index in [-0.39, 0.29) is 12.4 Å². The third-order valence-corrected chi connectivity index (χ3v) is 4.11. The molecule has 2 rings (SSSR count). The maximum absolute atomic E-state index is 12.5. The van der Waals surface area contributed by atoms with Crippen molar-refractivity contribution in [2.24, 2.45) is 5.92 Å². The predicted octanol–water partition coefficient (Wildman–Crippen LogP) is 2.59. The second kappa shape index (κ2) is 8.76. The Bertz CT molecular complexity index is 232. The number of hydrogen-bond acceptors (Lipinski definition) is 2. The van der Waals surface area contributed by atoms with E-state index in [0.29, 0.717) is 11.8 Å².